The van der Waals surface area contributed by atoms with E-state index < -0.39 is 5.82 Å². The van der Waals surface area contributed by atoms with Crippen molar-refractivity contribution in [3.05, 3.63) is 64.0 Å². The third-order valence-corrected chi connectivity index (χ3v) is 3.67. The van der Waals surface area contributed by atoms with Crippen molar-refractivity contribution in [1.29, 1.82) is 0 Å². The van der Waals surface area contributed by atoms with Gasteiger partial charge < -0.3 is 0 Å². The number of hydrogen-bond acceptors (Lipinski definition) is 0. The van der Waals surface area contributed by atoms with Gasteiger partial charge in [0.2, 0.25) is 0 Å². The van der Waals surface area contributed by atoms with Gasteiger partial charge in [-0.2, -0.15) is 0 Å². The second-order valence-electron chi connectivity index (χ2n) is 5.02. The molecule has 1 nitrogen and oxygen atoms in total. The largest absolute Gasteiger partial charge is 0.238 e. The summed E-state index contributed by atoms with van der Waals surface area (Å²) in [6, 6.07) is 6.46. The molecular formula is C18H17F2N. The fraction of sp³-hybridized carbons (Fsp3) is 0.278. The summed E-state index contributed by atoms with van der Waals surface area (Å²) < 4.78 is 29.0. The van der Waals surface area contributed by atoms with E-state index in [0.29, 0.717) is 35.2 Å². The molecule has 2 aromatic rings. The van der Waals surface area contributed by atoms with Crippen LogP contribution in [-0.4, -0.2) is 0 Å². The molecule has 0 fully saturated rings. The number of hydrogen-bond donors (Lipinski definition) is 0. The van der Waals surface area contributed by atoms with Gasteiger partial charge in [-0.25, -0.2) is 13.6 Å². The molecule has 0 atom stereocenters. The number of nitrogens with zero attached hydrogens (tertiary/aromatic N) is 1. The second kappa shape index (κ2) is 6.05. The van der Waals surface area contributed by atoms with Gasteiger partial charge in [-0.1, -0.05) is 37.6 Å². The average Bonchev–Trinajstić information content (AvgIpc) is 2.49. The molecule has 0 bridgehead atoms. The van der Waals surface area contributed by atoms with Crippen LogP contribution in [-0.2, 0) is 12.8 Å². The Bertz CT molecular complexity index is 727. The lowest BCUT2D eigenvalue weighted by Gasteiger charge is -2.15. The van der Waals surface area contributed by atoms with Gasteiger partial charge in [0.15, 0.2) is 5.69 Å². The van der Waals surface area contributed by atoms with Crippen LogP contribution in [0.5, 0.6) is 0 Å². The van der Waals surface area contributed by atoms with Crippen LogP contribution in [0, 0.1) is 25.1 Å². The number of benzene rings is 2. The quantitative estimate of drug-likeness (QED) is 0.645. The first kappa shape index (κ1) is 15.2. The van der Waals surface area contributed by atoms with E-state index in [-0.39, 0.29) is 11.4 Å². The molecule has 0 radical (unpaired) electrons. The van der Waals surface area contributed by atoms with Crippen molar-refractivity contribution in [3.63, 3.8) is 0 Å². The first-order chi connectivity index (χ1) is 10.0. The van der Waals surface area contributed by atoms with Crippen LogP contribution < -0.4 is 0 Å². The predicted octanol–water partition coefficient (Wildman–Crippen LogP) is 5.62. The lowest BCUT2D eigenvalue weighted by atomic mass is 9.92. The molecule has 108 valence electrons. The minimum Gasteiger partial charge on any atom is -0.238 e. The van der Waals surface area contributed by atoms with Gasteiger partial charge in [0.1, 0.15) is 11.6 Å². The van der Waals surface area contributed by atoms with E-state index in [1.165, 1.54) is 6.07 Å². The molecule has 0 saturated carbocycles. The summed E-state index contributed by atoms with van der Waals surface area (Å²) in [5.41, 5.74) is 2.69. The molecule has 0 spiro atoms. The van der Waals surface area contributed by atoms with E-state index in [1.807, 2.05) is 13.0 Å². The summed E-state index contributed by atoms with van der Waals surface area (Å²) in [6.07, 6.45) is 0.830. The minimum atomic E-state index is -0.459. The van der Waals surface area contributed by atoms with E-state index >= 15 is 0 Å². The second-order valence-corrected chi connectivity index (χ2v) is 5.02. The standard InChI is InChI=1S/C18H17F2N/c1-5-12-10-15(19)17(13(6-2)18(12)20)14-8-7-11(3)9-16(14)21-4/h7-10H,5-6H2,1-3H3. The summed E-state index contributed by atoms with van der Waals surface area (Å²) in [7, 11) is 0. The molecular weight excluding hydrogens is 268 g/mol. The Morgan fingerprint density at radius 3 is 2.38 bits per heavy atom. The van der Waals surface area contributed by atoms with Gasteiger partial charge in [0.05, 0.1) is 6.57 Å². The highest BCUT2D eigenvalue weighted by Gasteiger charge is 2.19. The highest BCUT2D eigenvalue weighted by atomic mass is 19.1. The van der Waals surface area contributed by atoms with Crippen molar-refractivity contribution in [2.24, 2.45) is 0 Å². The number of aryl methyl sites for hydroxylation is 2. The molecule has 0 unspecified atom stereocenters. The van der Waals surface area contributed by atoms with Crippen LogP contribution in [0.1, 0.15) is 30.5 Å². The van der Waals surface area contributed by atoms with Crippen LogP contribution in [0.3, 0.4) is 0 Å². The van der Waals surface area contributed by atoms with Crippen LogP contribution in [0.4, 0.5) is 14.5 Å². The SMILES string of the molecule is [C-]#[N+]c1cc(C)ccc1-c1c(F)cc(CC)c(F)c1CC. The van der Waals surface area contributed by atoms with E-state index in [2.05, 4.69) is 4.85 Å². The Hall–Kier alpha value is -2.21. The zero-order valence-corrected chi connectivity index (χ0v) is 12.4. The number of rotatable bonds is 3. The third-order valence-electron chi connectivity index (χ3n) is 3.67. The highest BCUT2D eigenvalue weighted by Crippen LogP contribution is 2.37. The fourth-order valence-electron chi connectivity index (χ4n) is 2.56. The monoisotopic (exact) mass is 285 g/mol. The molecule has 0 heterocycles. The summed E-state index contributed by atoms with van der Waals surface area (Å²) in [5.74, 6) is -0.813. The molecule has 2 aromatic carbocycles. The van der Waals surface area contributed by atoms with E-state index in [1.54, 1.807) is 26.0 Å². The molecule has 0 saturated heterocycles. The smallest absolute Gasteiger partial charge is 0.195 e. The molecule has 0 aliphatic heterocycles. The first-order valence-corrected chi connectivity index (χ1v) is 7.01. The molecule has 0 aliphatic carbocycles. The Labute approximate surface area is 124 Å². The van der Waals surface area contributed by atoms with Crippen LogP contribution in [0.2, 0.25) is 0 Å². The van der Waals surface area contributed by atoms with Crippen molar-refractivity contribution < 1.29 is 8.78 Å². The van der Waals surface area contributed by atoms with Gasteiger partial charge >= 0.3 is 0 Å². The van der Waals surface area contributed by atoms with Crippen LogP contribution >= 0.6 is 0 Å². The van der Waals surface area contributed by atoms with Gasteiger partial charge in [-0.3, -0.25) is 0 Å². The highest BCUT2D eigenvalue weighted by molar-refractivity contribution is 5.81. The molecule has 0 aliphatic rings. The van der Waals surface area contributed by atoms with Gasteiger partial charge in [0, 0.05) is 5.56 Å². The number of halogens is 2. The maximum atomic E-state index is 14.5. The van der Waals surface area contributed by atoms with Gasteiger partial charge in [0.25, 0.3) is 0 Å². The van der Waals surface area contributed by atoms with Gasteiger partial charge in [-0.05, 0) is 42.5 Å². The Morgan fingerprint density at radius 2 is 1.81 bits per heavy atom. The predicted molar refractivity (Wildman–Crippen MR) is 81.5 cm³/mol. The van der Waals surface area contributed by atoms with Crippen molar-refractivity contribution in [2.75, 3.05) is 0 Å². The topological polar surface area (TPSA) is 4.36 Å². The molecule has 3 heteroatoms. The summed E-state index contributed by atoms with van der Waals surface area (Å²) in [6.45, 7) is 12.7. The molecule has 2 rings (SSSR count). The summed E-state index contributed by atoms with van der Waals surface area (Å²) in [4.78, 5) is 3.46. The Kier molecular flexibility index (Phi) is 4.37. The van der Waals surface area contributed by atoms with Crippen molar-refractivity contribution in [1.82, 2.24) is 0 Å². The Balaban J connectivity index is 2.82. The van der Waals surface area contributed by atoms with Crippen LogP contribution in [0.25, 0.3) is 16.0 Å². The van der Waals surface area contributed by atoms with Gasteiger partial charge in [-0.15, -0.1) is 0 Å². The lowest BCUT2D eigenvalue weighted by molar-refractivity contribution is 0.576. The van der Waals surface area contributed by atoms with Crippen molar-refractivity contribution >= 4 is 5.69 Å². The zero-order chi connectivity index (χ0) is 15.6. The maximum absolute atomic E-state index is 14.5. The maximum Gasteiger partial charge on any atom is 0.195 e. The lowest BCUT2D eigenvalue weighted by Crippen LogP contribution is -2.02. The minimum absolute atomic E-state index is 0.221. The fourth-order valence-corrected chi connectivity index (χ4v) is 2.56. The van der Waals surface area contributed by atoms with E-state index in [0.717, 1.165) is 5.56 Å². The molecule has 0 amide bonds. The van der Waals surface area contributed by atoms with Crippen LogP contribution in [0.15, 0.2) is 24.3 Å². The van der Waals surface area contributed by atoms with Crippen molar-refractivity contribution in [2.45, 2.75) is 33.6 Å². The molecule has 0 aromatic heterocycles. The third kappa shape index (κ3) is 2.67. The van der Waals surface area contributed by atoms with E-state index in [4.69, 9.17) is 6.57 Å². The first-order valence-electron chi connectivity index (χ1n) is 7.01. The zero-order valence-electron chi connectivity index (χ0n) is 12.4. The molecule has 0 N–H and O–H groups in total. The summed E-state index contributed by atoms with van der Waals surface area (Å²) >= 11 is 0. The Morgan fingerprint density at radius 1 is 1.10 bits per heavy atom. The summed E-state index contributed by atoms with van der Waals surface area (Å²) in [5, 5.41) is 0. The normalized spacial score (nSPS) is 10.5. The molecule has 21 heavy (non-hydrogen) atoms. The van der Waals surface area contributed by atoms with Crippen molar-refractivity contribution in [3.8, 4) is 11.1 Å². The average molecular weight is 285 g/mol. The van der Waals surface area contributed by atoms with E-state index in [9.17, 15) is 8.78 Å².